The van der Waals surface area contributed by atoms with Crippen LogP contribution in [0.25, 0.3) is 0 Å². The number of benzene rings is 2. The molecule has 0 spiro atoms. The molecule has 0 amide bonds. The first-order valence-corrected chi connectivity index (χ1v) is 9.50. The van der Waals surface area contributed by atoms with E-state index in [0.717, 1.165) is 11.7 Å². The van der Waals surface area contributed by atoms with Crippen LogP contribution in [0.1, 0.15) is 51.1 Å². The standard InChI is InChI=1S/C20H24N2S.CH4/c21-16-6-11-19(12-7-16)23-18-9-4-15(5-10-18)20-13-8-17-3-1-2-14-22(17)20;/h4-7,9-12,17,20H,1-3,8,13-14,21H2;1H4. The van der Waals surface area contributed by atoms with Gasteiger partial charge in [0.2, 0.25) is 0 Å². The Bertz CT molecular complexity index is 651. The van der Waals surface area contributed by atoms with Crippen molar-refractivity contribution in [3.05, 3.63) is 54.1 Å². The molecule has 2 aromatic carbocycles. The van der Waals surface area contributed by atoms with Gasteiger partial charge in [-0.1, -0.05) is 37.7 Å². The molecule has 2 N–H and O–H groups in total. The molecule has 0 bridgehead atoms. The molecule has 0 saturated carbocycles. The number of hydrogen-bond acceptors (Lipinski definition) is 3. The first kappa shape index (κ1) is 17.4. The van der Waals surface area contributed by atoms with E-state index in [1.54, 1.807) is 11.8 Å². The molecule has 2 aliphatic heterocycles. The topological polar surface area (TPSA) is 29.3 Å². The zero-order valence-electron chi connectivity index (χ0n) is 13.4. The van der Waals surface area contributed by atoms with Gasteiger partial charge in [-0.25, -0.2) is 0 Å². The van der Waals surface area contributed by atoms with Crippen molar-refractivity contribution in [3.8, 4) is 0 Å². The van der Waals surface area contributed by atoms with Crippen LogP contribution >= 0.6 is 11.8 Å². The monoisotopic (exact) mass is 340 g/mol. The molecule has 2 saturated heterocycles. The van der Waals surface area contributed by atoms with Crippen LogP contribution in [0.15, 0.2) is 58.3 Å². The maximum atomic E-state index is 5.75. The summed E-state index contributed by atoms with van der Waals surface area (Å²) in [6, 6.07) is 18.8. The van der Waals surface area contributed by atoms with Gasteiger partial charge in [-0.05, 0) is 74.2 Å². The lowest BCUT2D eigenvalue weighted by atomic mass is 10.0. The molecule has 2 unspecified atom stereocenters. The lowest BCUT2D eigenvalue weighted by Gasteiger charge is -2.34. The number of anilines is 1. The SMILES string of the molecule is C.Nc1ccc(Sc2ccc(C3CCC4CCCCN43)cc2)cc1. The van der Waals surface area contributed by atoms with Crippen molar-refractivity contribution in [3.63, 3.8) is 0 Å². The van der Waals surface area contributed by atoms with E-state index in [-0.39, 0.29) is 7.43 Å². The highest BCUT2D eigenvalue weighted by Gasteiger charge is 2.35. The summed E-state index contributed by atoms with van der Waals surface area (Å²) in [5.74, 6) is 0. The minimum Gasteiger partial charge on any atom is -0.399 e. The summed E-state index contributed by atoms with van der Waals surface area (Å²) < 4.78 is 0. The first-order chi connectivity index (χ1) is 11.3. The van der Waals surface area contributed by atoms with E-state index in [9.17, 15) is 0 Å². The van der Waals surface area contributed by atoms with Gasteiger partial charge in [0.25, 0.3) is 0 Å². The molecule has 2 nitrogen and oxygen atoms in total. The smallest absolute Gasteiger partial charge is 0.0351 e. The Morgan fingerprint density at radius 1 is 0.833 bits per heavy atom. The lowest BCUT2D eigenvalue weighted by Crippen LogP contribution is -2.35. The molecule has 2 aliphatic rings. The third kappa shape index (κ3) is 3.62. The Labute approximate surface area is 150 Å². The van der Waals surface area contributed by atoms with E-state index in [0.29, 0.717) is 6.04 Å². The van der Waals surface area contributed by atoms with Crippen molar-refractivity contribution >= 4 is 17.4 Å². The van der Waals surface area contributed by atoms with E-state index >= 15 is 0 Å². The third-order valence-electron chi connectivity index (χ3n) is 5.23. The van der Waals surface area contributed by atoms with Crippen molar-refractivity contribution in [2.45, 2.75) is 61.4 Å². The Morgan fingerprint density at radius 3 is 2.21 bits per heavy atom. The molecule has 128 valence electrons. The molecule has 3 heteroatoms. The predicted molar refractivity (Wildman–Crippen MR) is 104 cm³/mol. The molecule has 2 atom stereocenters. The number of nitrogens with zero attached hydrogens (tertiary/aromatic N) is 1. The molecule has 2 fully saturated rings. The van der Waals surface area contributed by atoms with Gasteiger partial charge in [0.15, 0.2) is 0 Å². The molecule has 24 heavy (non-hydrogen) atoms. The molecule has 2 aromatic rings. The highest BCUT2D eigenvalue weighted by molar-refractivity contribution is 7.99. The maximum Gasteiger partial charge on any atom is 0.0351 e. The summed E-state index contributed by atoms with van der Waals surface area (Å²) in [6.07, 6.45) is 6.91. The quantitative estimate of drug-likeness (QED) is 0.722. The van der Waals surface area contributed by atoms with Crippen LogP contribution in [-0.4, -0.2) is 17.5 Å². The van der Waals surface area contributed by atoms with E-state index in [4.69, 9.17) is 5.73 Å². The second kappa shape index (κ2) is 7.62. The fourth-order valence-corrected chi connectivity index (χ4v) is 4.86. The van der Waals surface area contributed by atoms with Gasteiger partial charge in [-0.3, -0.25) is 4.90 Å². The molecule has 0 aliphatic carbocycles. The highest BCUT2D eigenvalue weighted by Crippen LogP contribution is 2.40. The van der Waals surface area contributed by atoms with Gasteiger partial charge in [-0.2, -0.15) is 0 Å². The Hall–Kier alpha value is -1.45. The molecule has 2 heterocycles. The van der Waals surface area contributed by atoms with Gasteiger partial charge in [0.1, 0.15) is 0 Å². The van der Waals surface area contributed by atoms with Crippen LogP contribution in [0.5, 0.6) is 0 Å². The molecule has 0 aromatic heterocycles. The summed E-state index contributed by atoms with van der Waals surface area (Å²) in [4.78, 5) is 5.29. The van der Waals surface area contributed by atoms with Crippen LogP contribution in [-0.2, 0) is 0 Å². The minimum atomic E-state index is 0. The maximum absolute atomic E-state index is 5.75. The zero-order valence-corrected chi connectivity index (χ0v) is 14.3. The van der Waals surface area contributed by atoms with E-state index in [2.05, 4.69) is 41.3 Å². The normalized spacial score (nSPS) is 23.5. The Morgan fingerprint density at radius 2 is 1.50 bits per heavy atom. The Balaban J connectivity index is 0.00000169. The minimum absolute atomic E-state index is 0. The van der Waals surface area contributed by atoms with Crippen LogP contribution in [0.2, 0.25) is 0 Å². The molecule has 4 rings (SSSR count). The second-order valence-electron chi connectivity index (χ2n) is 6.72. The summed E-state index contributed by atoms with van der Waals surface area (Å²) >= 11 is 1.80. The largest absolute Gasteiger partial charge is 0.399 e. The van der Waals surface area contributed by atoms with E-state index in [1.807, 2.05) is 12.1 Å². The van der Waals surface area contributed by atoms with E-state index < -0.39 is 0 Å². The van der Waals surface area contributed by atoms with Gasteiger partial charge in [0.05, 0.1) is 0 Å². The number of hydrogen-bond donors (Lipinski definition) is 1. The molecular formula is C21H28N2S. The fraction of sp³-hybridized carbons (Fsp3) is 0.429. The fourth-order valence-electron chi connectivity index (χ4n) is 4.05. The predicted octanol–water partition coefficient (Wildman–Crippen LogP) is 5.75. The van der Waals surface area contributed by atoms with Crippen molar-refractivity contribution in [1.82, 2.24) is 4.90 Å². The van der Waals surface area contributed by atoms with Crippen molar-refractivity contribution in [2.24, 2.45) is 0 Å². The van der Waals surface area contributed by atoms with Gasteiger partial charge >= 0.3 is 0 Å². The second-order valence-corrected chi connectivity index (χ2v) is 7.87. The highest BCUT2D eigenvalue weighted by atomic mass is 32.2. The zero-order chi connectivity index (χ0) is 15.6. The number of piperidine rings is 1. The number of nitrogens with two attached hydrogens (primary N) is 1. The summed E-state index contributed by atoms with van der Waals surface area (Å²) in [5.41, 5.74) is 8.07. The average Bonchev–Trinajstić information content (AvgIpc) is 3.02. The average molecular weight is 341 g/mol. The summed E-state index contributed by atoms with van der Waals surface area (Å²) in [6.45, 7) is 1.29. The lowest BCUT2D eigenvalue weighted by molar-refractivity contribution is 0.150. The first-order valence-electron chi connectivity index (χ1n) is 8.69. The van der Waals surface area contributed by atoms with Crippen LogP contribution in [0.4, 0.5) is 5.69 Å². The number of nitrogen functional groups attached to an aromatic ring is 1. The van der Waals surface area contributed by atoms with Crippen molar-refractivity contribution in [1.29, 1.82) is 0 Å². The number of fused-ring (bicyclic) bond motifs is 1. The summed E-state index contributed by atoms with van der Waals surface area (Å²) in [7, 11) is 0. The molecule has 0 radical (unpaired) electrons. The third-order valence-corrected chi connectivity index (χ3v) is 6.24. The van der Waals surface area contributed by atoms with Crippen LogP contribution in [0.3, 0.4) is 0 Å². The van der Waals surface area contributed by atoms with Gasteiger partial charge in [0, 0.05) is 27.6 Å². The van der Waals surface area contributed by atoms with Crippen LogP contribution < -0.4 is 5.73 Å². The van der Waals surface area contributed by atoms with Gasteiger partial charge < -0.3 is 5.73 Å². The summed E-state index contributed by atoms with van der Waals surface area (Å²) in [5, 5.41) is 0. The molecular weight excluding hydrogens is 312 g/mol. The van der Waals surface area contributed by atoms with Crippen molar-refractivity contribution < 1.29 is 0 Å². The van der Waals surface area contributed by atoms with E-state index in [1.165, 1.54) is 54.0 Å². The van der Waals surface area contributed by atoms with Gasteiger partial charge in [-0.15, -0.1) is 0 Å². The van der Waals surface area contributed by atoms with Crippen LogP contribution in [0, 0.1) is 0 Å². The van der Waals surface area contributed by atoms with Crippen molar-refractivity contribution in [2.75, 3.05) is 12.3 Å². The Kier molecular flexibility index (Phi) is 5.52. The number of rotatable bonds is 3.